The Balaban J connectivity index is 2.03. The molecule has 7 heteroatoms. The van der Waals surface area contributed by atoms with Gasteiger partial charge in [0.05, 0.1) is 26.5 Å². The van der Waals surface area contributed by atoms with Crippen LogP contribution in [0, 0.1) is 0 Å². The normalized spacial score (nSPS) is 11.9. The van der Waals surface area contributed by atoms with Crippen molar-refractivity contribution < 1.29 is 19.1 Å². The third kappa shape index (κ3) is 4.58. The summed E-state index contributed by atoms with van der Waals surface area (Å²) in [5.74, 6) is 0.127. The van der Waals surface area contributed by atoms with Crippen LogP contribution in [0.5, 0.6) is 5.75 Å². The second-order valence-electron chi connectivity index (χ2n) is 5.54. The van der Waals surface area contributed by atoms with Crippen LogP contribution >= 0.6 is 11.3 Å². The zero-order valence-corrected chi connectivity index (χ0v) is 15.6. The van der Waals surface area contributed by atoms with Crippen molar-refractivity contribution in [1.29, 1.82) is 0 Å². The lowest BCUT2D eigenvalue weighted by Gasteiger charge is -2.25. The topological polar surface area (TPSA) is 67.9 Å². The van der Waals surface area contributed by atoms with Gasteiger partial charge in [-0.25, -0.2) is 4.79 Å². The molecule has 1 aromatic heterocycles. The Morgan fingerprint density at radius 1 is 1.24 bits per heavy atom. The molecular weight excluding hydrogens is 340 g/mol. The lowest BCUT2D eigenvalue weighted by atomic mass is 10.1. The number of rotatable bonds is 7. The van der Waals surface area contributed by atoms with Gasteiger partial charge in [0.15, 0.2) is 0 Å². The highest BCUT2D eigenvalue weighted by Gasteiger charge is 2.20. The van der Waals surface area contributed by atoms with Crippen molar-refractivity contribution in [2.45, 2.75) is 13.0 Å². The predicted octanol–water partition coefficient (Wildman–Crippen LogP) is 3.17. The van der Waals surface area contributed by atoms with E-state index in [1.165, 1.54) is 18.4 Å². The van der Waals surface area contributed by atoms with Gasteiger partial charge in [-0.3, -0.25) is 9.69 Å². The molecule has 25 heavy (non-hydrogen) atoms. The van der Waals surface area contributed by atoms with Crippen molar-refractivity contribution in [2.24, 2.45) is 0 Å². The van der Waals surface area contributed by atoms with Gasteiger partial charge in [0.25, 0.3) is 0 Å². The number of ether oxygens (including phenoxy) is 2. The van der Waals surface area contributed by atoms with Crippen LogP contribution in [0.4, 0.5) is 5.69 Å². The Labute approximate surface area is 151 Å². The van der Waals surface area contributed by atoms with Crippen molar-refractivity contribution in [3.8, 4) is 5.75 Å². The van der Waals surface area contributed by atoms with Gasteiger partial charge in [0, 0.05) is 11.6 Å². The first kappa shape index (κ1) is 19.0. The number of thiophene rings is 1. The first-order chi connectivity index (χ1) is 12.0. The van der Waals surface area contributed by atoms with E-state index in [1.807, 2.05) is 43.1 Å². The minimum Gasteiger partial charge on any atom is -0.496 e. The molecule has 1 heterocycles. The average molecular weight is 362 g/mol. The van der Waals surface area contributed by atoms with Crippen molar-refractivity contribution in [2.75, 3.05) is 33.1 Å². The smallest absolute Gasteiger partial charge is 0.350 e. The standard InChI is InChI=1S/C18H22N2O4S/c1-12(13-7-5-6-8-15(13)23-3)20(2)11-16(21)19-14-9-10-25-17(14)18(22)24-4/h5-10,12H,11H2,1-4H3,(H,19,21). The van der Waals surface area contributed by atoms with Gasteiger partial charge in [-0.15, -0.1) is 11.3 Å². The van der Waals surface area contributed by atoms with Gasteiger partial charge in [0.1, 0.15) is 10.6 Å². The van der Waals surface area contributed by atoms with Crippen LogP contribution in [0.25, 0.3) is 0 Å². The fourth-order valence-corrected chi connectivity index (χ4v) is 3.23. The second-order valence-corrected chi connectivity index (χ2v) is 6.45. The van der Waals surface area contributed by atoms with Gasteiger partial charge in [-0.1, -0.05) is 18.2 Å². The summed E-state index contributed by atoms with van der Waals surface area (Å²) in [6.45, 7) is 2.19. The molecule has 134 valence electrons. The second kappa shape index (κ2) is 8.64. The van der Waals surface area contributed by atoms with Gasteiger partial charge >= 0.3 is 5.97 Å². The third-order valence-electron chi connectivity index (χ3n) is 3.95. The van der Waals surface area contributed by atoms with Crippen LogP contribution < -0.4 is 10.1 Å². The van der Waals surface area contributed by atoms with Crippen LogP contribution in [0.2, 0.25) is 0 Å². The number of methoxy groups -OCH3 is 2. The Morgan fingerprint density at radius 3 is 2.64 bits per heavy atom. The minimum atomic E-state index is -0.457. The lowest BCUT2D eigenvalue weighted by Crippen LogP contribution is -2.32. The summed E-state index contributed by atoms with van der Waals surface area (Å²) in [5, 5.41) is 4.51. The minimum absolute atomic E-state index is 0.00977. The first-order valence-corrected chi connectivity index (χ1v) is 8.64. The third-order valence-corrected chi connectivity index (χ3v) is 4.85. The van der Waals surface area contributed by atoms with Crippen LogP contribution in [0.3, 0.4) is 0 Å². The Hall–Kier alpha value is -2.38. The van der Waals surface area contributed by atoms with E-state index in [9.17, 15) is 9.59 Å². The van der Waals surface area contributed by atoms with Crippen LogP contribution in [-0.4, -0.2) is 44.6 Å². The van der Waals surface area contributed by atoms with E-state index in [0.717, 1.165) is 11.3 Å². The molecule has 1 atom stereocenters. The molecule has 0 radical (unpaired) electrons. The van der Waals surface area contributed by atoms with Crippen LogP contribution in [-0.2, 0) is 9.53 Å². The van der Waals surface area contributed by atoms with E-state index in [2.05, 4.69) is 5.32 Å². The molecule has 2 aromatic rings. The maximum Gasteiger partial charge on any atom is 0.350 e. The molecule has 0 aliphatic heterocycles. The van der Waals surface area contributed by atoms with Crippen molar-refractivity contribution >= 4 is 28.9 Å². The number of hydrogen-bond acceptors (Lipinski definition) is 6. The monoisotopic (exact) mass is 362 g/mol. The summed E-state index contributed by atoms with van der Waals surface area (Å²) in [6.07, 6.45) is 0. The SMILES string of the molecule is COC(=O)c1sccc1NC(=O)CN(C)C(C)c1ccccc1OC. The predicted molar refractivity (Wildman–Crippen MR) is 98.3 cm³/mol. The van der Waals surface area contributed by atoms with Crippen molar-refractivity contribution in [3.05, 3.63) is 46.2 Å². The summed E-state index contributed by atoms with van der Waals surface area (Å²) in [7, 11) is 4.81. The van der Waals surface area contributed by atoms with E-state index in [1.54, 1.807) is 18.6 Å². The van der Waals surface area contributed by atoms with Crippen LogP contribution in [0.1, 0.15) is 28.2 Å². The van der Waals surface area contributed by atoms with E-state index < -0.39 is 5.97 Å². The number of benzene rings is 1. The van der Waals surface area contributed by atoms with Crippen molar-refractivity contribution in [3.63, 3.8) is 0 Å². The number of anilines is 1. The number of likely N-dealkylation sites (N-methyl/N-ethyl adjacent to an activating group) is 1. The van der Waals surface area contributed by atoms with Gasteiger partial charge in [0.2, 0.25) is 5.91 Å². The summed E-state index contributed by atoms with van der Waals surface area (Å²) >= 11 is 1.23. The largest absolute Gasteiger partial charge is 0.496 e. The zero-order valence-electron chi connectivity index (χ0n) is 14.7. The van der Waals surface area contributed by atoms with Crippen molar-refractivity contribution in [1.82, 2.24) is 4.90 Å². The fraction of sp³-hybridized carbons (Fsp3) is 0.333. The Morgan fingerprint density at radius 2 is 1.96 bits per heavy atom. The van der Waals surface area contributed by atoms with Gasteiger partial charge < -0.3 is 14.8 Å². The number of hydrogen-bond donors (Lipinski definition) is 1. The molecular formula is C18H22N2O4S. The molecule has 1 aromatic carbocycles. The molecule has 0 spiro atoms. The van der Waals surface area contributed by atoms with E-state index in [-0.39, 0.29) is 18.5 Å². The van der Waals surface area contributed by atoms with Gasteiger partial charge in [-0.2, -0.15) is 0 Å². The summed E-state index contributed by atoms with van der Waals surface area (Å²) < 4.78 is 10.1. The van der Waals surface area contributed by atoms with E-state index >= 15 is 0 Å². The van der Waals surface area contributed by atoms with E-state index in [0.29, 0.717) is 10.6 Å². The molecule has 0 fully saturated rings. The summed E-state index contributed by atoms with van der Waals surface area (Å²) in [5.41, 5.74) is 1.48. The number of carbonyl (C=O) groups excluding carboxylic acids is 2. The number of nitrogens with one attached hydrogen (secondary N) is 1. The number of esters is 1. The highest BCUT2D eigenvalue weighted by atomic mass is 32.1. The molecule has 1 N–H and O–H groups in total. The average Bonchev–Trinajstić information content (AvgIpc) is 3.08. The number of carbonyl (C=O) groups is 2. The zero-order chi connectivity index (χ0) is 18.4. The number of nitrogens with zero attached hydrogens (tertiary/aromatic N) is 1. The highest BCUT2D eigenvalue weighted by molar-refractivity contribution is 7.12. The first-order valence-electron chi connectivity index (χ1n) is 7.76. The molecule has 0 aliphatic carbocycles. The molecule has 6 nitrogen and oxygen atoms in total. The highest BCUT2D eigenvalue weighted by Crippen LogP contribution is 2.28. The molecule has 0 saturated heterocycles. The number of para-hydroxylation sites is 1. The number of amides is 1. The summed E-state index contributed by atoms with van der Waals surface area (Å²) in [4.78, 5) is 26.3. The Kier molecular flexibility index (Phi) is 6.55. The maximum atomic E-state index is 12.3. The van der Waals surface area contributed by atoms with Crippen LogP contribution in [0.15, 0.2) is 35.7 Å². The molecule has 1 amide bonds. The molecule has 0 aliphatic rings. The molecule has 1 unspecified atom stereocenters. The molecule has 0 bridgehead atoms. The van der Waals surface area contributed by atoms with Gasteiger partial charge in [-0.05, 0) is 31.5 Å². The quantitative estimate of drug-likeness (QED) is 0.766. The summed E-state index contributed by atoms with van der Waals surface area (Å²) in [6, 6.07) is 9.41. The maximum absolute atomic E-state index is 12.3. The molecule has 0 saturated carbocycles. The fourth-order valence-electron chi connectivity index (χ4n) is 2.46. The Bertz CT molecular complexity index is 744. The van der Waals surface area contributed by atoms with E-state index in [4.69, 9.17) is 9.47 Å². The lowest BCUT2D eigenvalue weighted by molar-refractivity contribution is -0.117. The molecule has 2 rings (SSSR count).